The van der Waals surface area contributed by atoms with Gasteiger partial charge in [-0.3, -0.25) is 0 Å². The largest absolute Gasteiger partial charge is 0.0776 e. The molecule has 0 amide bonds. The monoisotopic (exact) mass is 378 g/mol. The Labute approximate surface area is 168 Å². The second-order valence-electron chi connectivity index (χ2n) is 7.37. The highest BCUT2D eigenvalue weighted by atomic mass is 31.1. The minimum absolute atomic E-state index is 0.434. The standard InChI is InChI=1S/C27H23P/c1-2-10-21(9-1)19-20-28(26-17-7-13-22-11-3-5-15-24(22)26)27-18-8-14-23-12-4-6-16-25(23)27/h1-18,21H,19-20H2. The summed E-state index contributed by atoms with van der Waals surface area (Å²) in [5, 5.41) is 8.51. The van der Waals surface area contributed by atoms with E-state index in [1.165, 1.54) is 44.7 Å². The summed E-state index contributed by atoms with van der Waals surface area (Å²) in [5.41, 5.74) is 0. The Morgan fingerprint density at radius 2 is 1.07 bits per heavy atom. The lowest BCUT2D eigenvalue weighted by atomic mass is 10.1. The van der Waals surface area contributed by atoms with Gasteiger partial charge in [-0.2, -0.15) is 0 Å². The topological polar surface area (TPSA) is 0 Å². The van der Waals surface area contributed by atoms with E-state index in [9.17, 15) is 0 Å². The minimum Gasteiger partial charge on any atom is -0.0776 e. The first kappa shape index (κ1) is 17.4. The molecule has 0 heterocycles. The predicted octanol–water partition coefficient (Wildman–Crippen LogP) is 6.56. The molecule has 0 aliphatic heterocycles. The first-order valence-electron chi connectivity index (χ1n) is 9.98. The van der Waals surface area contributed by atoms with Crippen LogP contribution in [0.25, 0.3) is 21.5 Å². The molecule has 0 saturated carbocycles. The lowest BCUT2D eigenvalue weighted by Crippen LogP contribution is -2.17. The van der Waals surface area contributed by atoms with Gasteiger partial charge >= 0.3 is 0 Å². The van der Waals surface area contributed by atoms with E-state index in [4.69, 9.17) is 0 Å². The maximum Gasteiger partial charge on any atom is -0.00437 e. The van der Waals surface area contributed by atoms with Gasteiger partial charge in [0, 0.05) is 0 Å². The fraction of sp³-hybridized carbons (Fsp3) is 0.111. The van der Waals surface area contributed by atoms with Crippen LogP contribution in [0.1, 0.15) is 6.42 Å². The van der Waals surface area contributed by atoms with Gasteiger partial charge in [-0.15, -0.1) is 0 Å². The van der Waals surface area contributed by atoms with Crippen molar-refractivity contribution in [2.45, 2.75) is 6.42 Å². The zero-order valence-corrected chi connectivity index (χ0v) is 16.7. The van der Waals surface area contributed by atoms with E-state index in [-0.39, 0.29) is 0 Å². The van der Waals surface area contributed by atoms with Gasteiger partial charge in [-0.05, 0) is 58.6 Å². The Kier molecular flexibility index (Phi) is 4.81. The summed E-state index contributed by atoms with van der Waals surface area (Å²) < 4.78 is 0. The summed E-state index contributed by atoms with van der Waals surface area (Å²) in [6.07, 6.45) is 11.4. The van der Waals surface area contributed by atoms with Crippen molar-refractivity contribution in [2.75, 3.05) is 6.16 Å². The molecule has 0 saturated heterocycles. The van der Waals surface area contributed by atoms with Crippen LogP contribution in [-0.2, 0) is 0 Å². The summed E-state index contributed by atoms with van der Waals surface area (Å²) in [6, 6.07) is 31.3. The van der Waals surface area contributed by atoms with Gasteiger partial charge in [0.15, 0.2) is 0 Å². The van der Waals surface area contributed by atoms with Gasteiger partial charge in [0.1, 0.15) is 0 Å². The minimum atomic E-state index is -0.434. The third-order valence-corrected chi connectivity index (χ3v) is 8.28. The number of rotatable bonds is 5. The Bertz CT molecular complexity index is 1080. The summed E-state index contributed by atoms with van der Waals surface area (Å²) in [7, 11) is -0.434. The molecule has 0 aromatic heterocycles. The fourth-order valence-electron chi connectivity index (χ4n) is 4.21. The Morgan fingerprint density at radius 3 is 1.64 bits per heavy atom. The molecule has 1 aliphatic carbocycles. The quantitative estimate of drug-likeness (QED) is 0.345. The maximum absolute atomic E-state index is 2.36. The number of hydrogen-bond donors (Lipinski definition) is 0. The van der Waals surface area contributed by atoms with Crippen LogP contribution < -0.4 is 10.6 Å². The highest BCUT2D eigenvalue weighted by Gasteiger charge is 2.19. The SMILES string of the molecule is C1=CC(CCP(c2cccc3ccccc23)c2cccc3ccccc23)C=C1. The molecule has 0 unspecified atom stereocenters. The number of allylic oxidation sites excluding steroid dienone is 4. The summed E-state index contributed by atoms with van der Waals surface area (Å²) in [5.74, 6) is 0.579. The van der Waals surface area contributed by atoms with Crippen LogP contribution in [0.2, 0.25) is 0 Å². The highest BCUT2D eigenvalue weighted by molar-refractivity contribution is 7.73. The van der Waals surface area contributed by atoms with Crippen molar-refractivity contribution in [1.29, 1.82) is 0 Å². The summed E-state index contributed by atoms with van der Waals surface area (Å²) >= 11 is 0. The molecule has 0 spiro atoms. The third kappa shape index (κ3) is 3.30. The lowest BCUT2D eigenvalue weighted by molar-refractivity contribution is 0.791. The molecule has 0 N–H and O–H groups in total. The van der Waals surface area contributed by atoms with E-state index in [0.717, 1.165) is 0 Å². The van der Waals surface area contributed by atoms with Crippen molar-refractivity contribution in [3.63, 3.8) is 0 Å². The van der Waals surface area contributed by atoms with Crippen LogP contribution in [-0.4, -0.2) is 6.16 Å². The summed E-state index contributed by atoms with van der Waals surface area (Å²) in [6.45, 7) is 0. The van der Waals surface area contributed by atoms with E-state index >= 15 is 0 Å². The van der Waals surface area contributed by atoms with Crippen LogP contribution in [0.5, 0.6) is 0 Å². The van der Waals surface area contributed by atoms with Crippen molar-refractivity contribution < 1.29 is 0 Å². The molecule has 0 radical (unpaired) electrons. The average molecular weight is 378 g/mol. The van der Waals surface area contributed by atoms with E-state index in [1.54, 1.807) is 0 Å². The zero-order chi connectivity index (χ0) is 18.8. The normalized spacial score (nSPS) is 13.9. The van der Waals surface area contributed by atoms with Crippen molar-refractivity contribution in [3.05, 3.63) is 109 Å². The van der Waals surface area contributed by atoms with Crippen LogP contribution in [0.4, 0.5) is 0 Å². The van der Waals surface area contributed by atoms with Crippen molar-refractivity contribution in [1.82, 2.24) is 0 Å². The van der Waals surface area contributed by atoms with Crippen LogP contribution in [0.3, 0.4) is 0 Å². The number of hydrogen-bond acceptors (Lipinski definition) is 0. The van der Waals surface area contributed by atoms with E-state index in [0.29, 0.717) is 5.92 Å². The molecular formula is C27H23P. The highest BCUT2D eigenvalue weighted by Crippen LogP contribution is 2.40. The number of benzene rings is 4. The van der Waals surface area contributed by atoms with Gasteiger partial charge in [-0.25, -0.2) is 0 Å². The Morgan fingerprint density at radius 1 is 0.571 bits per heavy atom. The number of fused-ring (bicyclic) bond motifs is 2. The van der Waals surface area contributed by atoms with Gasteiger partial charge in [0.2, 0.25) is 0 Å². The molecule has 0 bridgehead atoms. The van der Waals surface area contributed by atoms with Gasteiger partial charge in [0.25, 0.3) is 0 Å². The predicted molar refractivity (Wildman–Crippen MR) is 125 cm³/mol. The van der Waals surface area contributed by atoms with Crippen molar-refractivity contribution in [2.24, 2.45) is 5.92 Å². The molecule has 4 aromatic rings. The second-order valence-corrected chi connectivity index (χ2v) is 9.64. The molecule has 28 heavy (non-hydrogen) atoms. The molecule has 5 rings (SSSR count). The molecule has 0 fully saturated rings. The molecule has 1 heteroatoms. The zero-order valence-electron chi connectivity index (χ0n) is 15.8. The smallest absolute Gasteiger partial charge is 0.00437 e. The van der Waals surface area contributed by atoms with Crippen LogP contribution in [0, 0.1) is 5.92 Å². The molecule has 4 aromatic carbocycles. The van der Waals surface area contributed by atoms with Gasteiger partial charge in [-0.1, -0.05) is 109 Å². The van der Waals surface area contributed by atoms with Gasteiger partial charge < -0.3 is 0 Å². The molecule has 0 atom stereocenters. The van der Waals surface area contributed by atoms with Crippen LogP contribution >= 0.6 is 7.92 Å². The molecule has 1 aliphatic rings. The lowest BCUT2D eigenvalue weighted by Gasteiger charge is -2.23. The van der Waals surface area contributed by atoms with Crippen molar-refractivity contribution >= 4 is 40.1 Å². The maximum atomic E-state index is 2.36. The summed E-state index contributed by atoms with van der Waals surface area (Å²) in [4.78, 5) is 0. The van der Waals surface area contributed by atoms with E-state index < -0.39 is 7.92 Å². The fourth-order valence-corrected chi connectivity index (χ4v) is 7.03. The molecule has 136 valence electrons. The molecular weight excluding hydrogens is 355 g/mol. The second kappa shape index (κ2) is 7.74. The van der Waals surface area contributed by atoms with E-state index in [2.05, 4.69) is 109 Å². The van der Waals surface area contributed by atoms with Crippen LogP contribution in [0.15, 0.2) is 109 Å². The van der Waals surface area contributed by atoms with Crippen molar-refractivity contribution in [3.8, 4) is 0 Å². The average Bonchev–Trinajstić information content (AvgIpc) is 3.28. The first-order chi connectivity index (χ1) is 13.9. The third-order valence-electron chi connectivity index (χ3n) is 5.63. The Hall–Kier alpha value is -2.69. The first-order valence-corrected chi connectivity index (χ1v) is 11.5. The van der Waals surface area contributed by atoms with Gasteiger partial charge in [0.05, 0.1) is 0 Å². The molecule has 0 nitrogen and oxygen atoms in total. The van der Waals surface area contributed by atoms with E-state index in [1.807, 2.05) is 0 Å². The Balaban J connectivity index is 1.66.